The fraction of sp³-hybridized carbons (Fsp3) is 0.484. The van der Waals surface area contributed by atoms with Gasteiger partial charge in [0.15, 0.2) is 0 Å². The molecule has 0 spiro atoms. The van der Waals surface area contributed by atoms with Crippen molar-refractivity contribution in [2.45, 2.75) is 86.0 Å². The molecule has 6 heteroatoms. The van der Waals surface area contributed by atoms with Crippen LogP contribution in [0.4, 0.5) is 11.4 Å². The Balaban J connectivity index is 0.00000247. The third kappa shape index (κ3) is 9.81. The summed E-state index contributed by atoms with van der Waals surface area (Å²) in [5.41, 5.74) is 7.59. The number of aliphatic imine (C=N–C) groups is 2. The Morgan fingerprint density at radius 3 is 1.11 bits per heavy atom. The normalized spacial score (nSPS) is 15.5. The molecule has 206 valence electrons. The van der Waals surface area contributed by atoms with Crippen molar-refractivity contribution in [1.29, 1.82) is 0 Å². The SMILES string of the molecule is CC(C)c1cccc(C(C)C)c1N=C1SCCSC1=Nc1c(C(C)C)cccc1C(C)C.CC=[N-].[CH3-].[Pd+2]. The maximum Gasteiger partial charge on any atom is 2.00 e. The number of hydrogen-bond donors (Lipinski definition) is 0. The molecule has 3 nitrogen and oxygen atoms in total. The molecule has 1 saturated heterocycles. The van der Waals surface area contributed by atoms with E-state index in [0.717, 1.165) is 39.2 Å². The average Bonchev–Trinajstić information content (AvgIpc) is 2.80. The van der Waals surface area contributed by atoms with Gasteiger partial charge in [-0.25, -0.2) is 16.2 Å². The predicted molar refractivity (Wildman–Crippen MR) is 170 cm³/mol. The molecule has 37 heavy (non-hydrogen) atoms. The van der Waals surface area contributed by atoms with E-state index in [-0.39, 0.29) is 27.8 Å². The molecule has 1 aliphatic rings. The maximum atomic E-state index is 7.44. The van der Waals surface area contributed by atoms with Crippen molar-refractivity contribution in [1.82, 2.24) is 0 Å². The molecule has 0 aromatic heterocycles. The largest absolute Gasteiger partial charge is 2.00 e. The van der Waals surface area contributed by atoms with Crippen molar-refractivity contribution in [2.75, 3.05) is 11.5 Å². The van der Waals surface area contributed by atoms with Gasteiger partial charge in [0.2, 0.25) is 0 Å². The van der Waals surface area contributed by atoms with E-state index >= 15 is 0 Å². The van der Waals surface area contributed by atoms with Crippen molar-refractivity contribution < 1.29 is 20.4 Å². The van der Waals surface area contributed by atoms with Gasteiger partial charge in [-0.1, -0.05) is 98.7 Å². The summed E-state index contributed by atoms with van der Waals surface area (Å²) in [5, 5.41) is 9.59. The van der Waals surface area contributed by atoms with Crippen LogP contribution in [0.25, 0.3) is 5.41 Å². The van der Waals surface area contributed by atoms with Gasteiger partial charge in [-0.2, -0.15) is 0 Å². The summed E-state index contributed by atoms with van der Waals surface area (Å²) in [5.74, 6) is 3.89. The van der Waals surface area contributed by atoms with Crippen LogP contribution in [-0.2, 0) is 20.4 Å². The Kier molecular flexibility index (Phi) is 16.9. The van der Waals surface area contributed by atoms with Gasteiger partial charge in [-0.05, 0) is 45.9 Å². The number of para-hydroxylation sites is 2. The maximum absolute atomic E-state index is 7.44. The quantitative estimate of drug-likeness (QED) is 0.181. The summed E-state index contributed by atoms with van der Waals surface area (Å²) in [4.78, 5) is 10.6. The standard InChI is InChI=1S/C28H38N2S2.C2H4N.CH3.Pd/c1-17(2)21-11-9-12-22(18(3)4)25(21)29-27-28(32-16-15-31-27)30-26-23(19(5)6)13-10-14-24(26)20(7)8;1-2-3;;/h9-14,17-20H,15-16H2,1-8H3;2H,1H3;1H3;/q;2*-1;+2. The first-order chi connectivity index (χ1) is 16.6. The number of hydrogen-bond acceptors (Lipinski definition) is 4. The van der Waals surface area contributed by atoms with E-state index in [1.807, 2.05) is 23.5 Å². The third-order valence-electron chi connectivity index (χ3n) is 5.86. The molecule has 2 aromatic carbocycles. The number of nitrogens with zero attached hydrogens (tertiary/aromatic N) is 3. The van der Waals surface area contributed by atoms with Crippen molar-refractivity contribution >= 4 is 51.2 Å². The van der Waals surface area contributed by atoms with E-state index in [9.17, 15) is 0 Å². The average molecular weight is 630 g/mol. The van der Waals surface area contributed by atoms with E-state index in [0.29, 0.717) is 23.7 Å². The van der Waals surface area contributed by atoms with Crippen LogP contribution in [0.1, 0.15) is 108 Å². The van der Waals surface area contributed by atoms with Crippen molar-refractivity contribution in [3.05, 3.63) is 71.5 Å². The van der Waals surface area contributed by atoms with Crippen LogP contribution in [0, 0.1) is 7.43 Å². The molecule has 0 bridgehead atoms. The Morgan fingerprint density at radius 1 is 0.649 bits per heavy atom. The van der Waals surface area contributed by atoms with Crippen LogP contribution < -0.4 is 0 Å². The molecule has 2 aromatic rings. The molecule has 3 rings (SSSR count). The molecular weight excluding hydrogens is 585 g/mol. The van der Waals surface area contributed by atoms with Gasteiger partial charge in [0.1, 0.15) is 10.1 Å². The van der Waals surface area contributed by atoms with Crippen LogP contribution in [0.3, 0.4) is 0 Å². The van der Waals surface area contributed by atoms with Gasteiger partial charge in [-0.3, -0.25) is 0 Å². The fourth-order valence-corrected chi connectivity index (χ4v) is 6.10. The molecule has 0 atom stereocenters. The van der Waals surface area contributed by atoms with E-state index < -0.39 is 0 Å². The second-order valence-corrected chi connectivity index (χ2v) is 12.1. The van der Waals surface area contributed by atoms with Crippen LogP contribution in [0.5, 0.6) is 0 Å². The molecule has 0 amide bonds. The van der Waals surface area contributed by atoms with E-state index in [2.05, 4.69) is 91.8 Å². The second-order valence-electron chi connectivity index (χ2n) is 9.98. The van der Waals surface area contributed by atoms with Crippen LogP contribution in [-0.4, -0.2) is 27.8 Å². The van der Waals surface area contributed by atoms with Crippen molar-refractivity contribution in [3.63, 3.8) is 0 Å². The summed E-state index contributed by atoms with van der Waals surface area (Å²) in [6.07, 6.45) is 1.00. The number of benzene rings is 2. The minimum atomic E-state index is 0. The topological polar surface area (TPSA) is 47.0 Å². The van der Waals surface area contributed by atoms with E-state index in [1.165, 1.54) is 22.3 Å². The first kappa shape index (κ1) is 35.8. The molecular formula is C31H45N3PdS2. The molecule has 0 saturated carbocycles. The van der Waals surface area contributed by atoms with Crippen molar-refractivity contribution in [2.24, 2.45) is 9.98 Å². The smallest absolute Gasteiger partial charge is 0.814 e. The summed E-state index contributed by atoms with van der Waals surface area (Å²) in [7, 11) is 0. The zero-order valence-corrected chi connectivity index (χ0v) is 27.4. The molecule has 0 aliphatic carbocycles. The molecule has 0 N–H and O–H groups in total. The minimum Gasteiger partial charge on any atom is -0.814 e. The fourth-order valence-electron chi connectivity index (χ4n) is 4.05. The van der Waals surface area contributed by atoms with Crippen molar-refractivity contribution in [3.8, 4) is 0 Å². The van der Waals surface area contributed by atoms with Gasteiger partial charge in [0, 0.05) is 11.5 Å². The van der Waals surface area contributed by atoms with Gasteiger partial charge < -0.3 is 12.8 Å². The van der Waals surface area contributed by atoms with Gasteiger partial charge in [0.05, 0.1) is 11.4 Å². The Labute approximate surface area is 249 Å². The predicted octanol–water partition coefficient (Wildman–Crippen LogP) is 10.5. The van der Waals surface area contributed by atoms with E-state index in [1.54, 1.807) is 6.92 Å². The molecule has 1 fully saturated rings. The second kappa shape index (κ2) is 17.4. The zero-order chi connectivity index (χ0) is 26.1. The first-order valence-electron chi connectivity index (χ1n) is 12.7. The molecule has 0 radical (unpaired) electrons. The van der Waals surface area contributed by atoms with E-state index in [4.69, 9.17) is 15.4 Å². The third-order valence-corrected chi connectivity index (χ3v) is 8.18. The molecule has 0 unspecified atom stereocenters. The van der Waals surface area contributed by atoms with Gasteiger partial charge in [-0.15, -0.1) is 23.5 Å². The minimum absolute atomic E-state index is 0. The Morgan fingerprint density at radius 2 is 0.892 bits per heavy atom. The summed E-state index contributed by atoms with van der Waals surface area (Å²) >= 11 is 3.71. The van der Waals surface area contributed by atoms with Gasteiger partial charge in [0.25, 0.3) is 0 Å². The van der Waals surface area contributed by atoms with Crippen LogP contribution >= 0.6 is 23.5 Å². The Bertz CT molecular complexity index is 922. The molecule has 1 aliphatic heterocycles. The zero-order valence-electron chi connectivity index (χ0n) is 24.2. The molecule has 1 heterocycles. The summed E-state index contributed by atoms with van der Waals surface area (Å²) < 4.78 is 0. The number of rotatable bonds is 6. The first-order valence-corrected chi connectivity index (χ1v) is 14.7. The van der Waals surface area contributed by atoms with Gasteiger partial charge >= 0.3 is 20.4 Å². The number of thioether (sulfide) groups is 2. The Hall–Kier alpha value is -1.19. The summed E-state index contributed by atoms with van der Waals surface area (Å²) in [6, 6.07) is 13.3. The summed E-state index contributed by atoms with van der Waals surface area (Å²) in [6.45, 7) is 19.6. The van der Waals surface area contributed by atoms with Crippen LogP contribution in [0.2, 0.25) is 0 Å². The monoisotopic (exact) mass is 629 g/mol. The van der Waals surface area contributed by atoms with Crippen LogP contribution in [0.15, 0.2) is 46.4 Å².